The summed E-state index contributed by atoms with van der Waals surface area (Å²) in [5.74, 6) is -0.585. The topological polar surface area (TPSA) is 122 Å². The molecule has 0 unspecified atom stereocenters. The van der Waals surface area contributed by atoms with Gasteiger partial charge < -0.3 is 14.9 Å². The minimum Gasteiger partial charge on any atom is -0.507 e. The Morgan fingerprint density at radius 3 is 2.06 bits per heavy atom. The predicted molar refractivity (Wildman–Crippen MR) is 123 cm³/mol. The number of phenols is 1. The number of carbonyl (C=O) groups excluding carboxylic acids is 2. The maximum atomic E-state index is 13.0. The lowest BCUT2D eigenvalue weighted by Crippen LogP contribution is -2.53. The molecule has 2 aromatic carbocycles. The Morgan fingerprint density at radius 1 is 0.882 bits per heavy atom. The molecule has 0 radical (unpaired) electrons. The van der Waals surface area contributed by atoms with Gasteiger partial charge in [-0.1, -0.05) is 12.1 Å². The number of benzene rings is 2. The molecule has 2 fully saturated rings. The van der Waals surface area contributed by atoms with E-state index in [9.17, 15) is 23.1 Å². The van der Waals surface area contributed by atoms with Gasteiger partial charge in [0.2, 0.25) is 15.9 Å². The second-order valence-corrected chi connectivity index (χ2v) is 10.4. The summed E-state index contributed by atoms with van der Waals surface area (Å²) in [4.78, 5) is 29.2. The highest BCUT2D eigenvalue weighted by molar-refractivity contribution is 7.89. The summed E-state index contributed by atoms with van der Waals surface area (Å²) in [6.07, 6.45) is 0.872. The van der Waals surface area contributed by atoms with Gasteiger partial charge in [0, 0.05) is 45.2 Å². The monoisotopic (exact) mass is 482 g/mol. The molecule has 10 heteroatoms. The van der Waals surface area contributed by atoms with Crippen molar-refractivity contribution in [2.24, 2.45) is 5.92 Å². The first-order valence-corrected chi connectivity index (χ1v) is 12.6. The van der Waals surface area contributed by atoms with Gasteiger partial charge in [0.25, 0.3) is 5.91 Å². The van der Waals surface area contributed by atoms with E-state index >= 15 is 0 Å². The Balaban J connectivity index is 1.30. The highest BCUT2D eigenvalue weighted by atomic mass is 32.2. The summed E-state index contributed by atoms with van der Waals surface area (Å²) in [6, 6.07) is 14.2. The number of carbonyl (C=O) groups is 2. The van der Waals surface area contributed by atoms with Crippen molar-refractivity contribution in [3.8, 4) is 11.8 Å². The molecule has 0 bridgehead atoms. The second kappa shape index (κ2) is 9.83. The van der Waals surface area contributed by atoms with Crippen LogP contribution < -0.4 is 0 Å². The molecule has 2 saturated heterocycles. The number of nitriles is 1. The zero-order valence-electron chi connectivity index (χ0n) is 18.6. The molecule has 1 N–H and O–H groups in total. The minimum absolute atomic E-state index is 0.00919. The zero-order valence-corrected chi connectivity index (χ0v) is 19.4. The van der Waals surface area contributed by atoms with E-state index in [1.165, 1.54) is 34.6 Å². The molecule has 2 aliphatic heterocycles. The Bertz CT molecular complexity index is 1210. The Hall–Kier alpha value is -3.42. The molecule has 2 aliphatic rings. The maximum absolute atomic E-state index is 13.0. The summed E-state index contributed by atoms with van der Waals surface area (Å²) in [5, 5.41) is 18.8. The number of hydrogen-bond donors (Lipinski definition) is 1. The van der Waals surface area contributed by atoms with E-state index in [2.05, 4.69) is 0 Å². The third kappa shape index (κ3) is 4.76. The quantitative estimate of drug-likeness (QED) is 0.707. The van der Waals surface area contributed by atoms with E-state index in [0.29, 0.717) is 44.6 Å². The van der Waals surface area contributed by atoms with Crippen LogP contribution in [0.25, 0.3) is 0 Å². The molecule has 178 valence electrons. The first kappa shape index (κ1) is 23.7. The lowest BCUT2D eigenvalue weighted by molar-refractivity contribution is -0.138. The van der Waals surface area contributed by atoms with Gasteiger partial charge in [-0.05, 0) is 49.2 Å². The number of piperidine rings is 1. The fourth-order valence-corrected chi connectivity index (χ4v) is 5.88. The van der Waals surface area contributed by atoms with Gasteiger partial charge in [-0.3, -0.25) is 9.59 Å². The summed E-state index contributed by atoms with van der Waals surface area (Å²) < 4.78 is 27.2. The van der Waals surface area contributed by atoms with Crippen molar-refractivity contribution in [1.82, 2.24) is 14.1 Å². The lowest BCUT2D eigenvalue weighted by atomic mass is 9.96. The molecular formula is C24H26N4O5S. The van der Waals surface area contributed by atoms with Crippen LogP contribution in [0.2, 0.25) is 0 Å². The van der Waals surface area contributed by atoms with Gasteiger partial charge in [-0.15, -0.1) is 0 Å². The molecule has 0 aromatic heterocycles. The van der Waals surface area contributed by atoms with Crippen LogP contribution in [0.5, 0.6) is 5.75 Å². The summed E-state index contributed by atoms with van der Waals surface area (Å²) in [5.41, 5.74) is 0.642. The van der Waals surface area contributed by atoms with E-state index in [0.717, 1.165) is 0 Å². The molecule has 0 saturated carbocycles. The molecular weight excluding hydrogens is 456 g/mol. The molecule has 0 spiro atoms. The number of sulfonamides is 1. The number of amides is 2. The Kier molecular flexibility index (Phi) is 6.86. The second-order valence-electron chi connectivity index (χ2n) is 8.45. The lowest BCUT2D eigenvalue weighted by Gasteiger charge is -2.38. The van der Waals surface area contributed by atoms with Crippen molar-refractivity contribution in [2.75, 3.05) is 39.3 Å². The number of para-hydroxylation sites is 1. The summed E-state index contributed by atoms with van der Waals surface area (Å²) in [7, 11) is -3.67. The van der Waals surface area contributed by atoms with Crippen LogP contribution in [0, 0.1) is 17.2 Å². The predicted octanol–water partition coefficient (Wildman–Crippen LogP) is 1.65. The SMILES string of the molecule is N#Cc1ccc(S(=O)(=O)N2CCC(C(=O)N3CCN(C(=O)c4ccccc4O)CC3)CC2)cc1. The molecule has 0 aliphatic carbocycles. The van der Waals surface area contributed by atoms with Gasteiger partial charge in [0.05, 0.1) is 22.1 Å². The summed E-state index contributed by atoms with van der Waals surface area (Å²) in [6.45, 7) is 2.08. The fraction of sp³-hybridized carbons (Fsp3) is 0.375. The average Bonchev–Trinajstić information content (AvgIpc) is 2.88. The Morgan fingerprint density at radius 2 is 1.47 bits per heavy atom. The van der Waals surface area contributed by atoms with Crippen molar-refractivity contribution in [3.63, 3.8) is 0 Å². The minimum atomic E-state index is -3.67. The van der Waals surface area contributed by atoms with E-state index in [-0.39, 0.29) is 47.0 Å². The molecule has 9 nitrogen and oxygen atoms in total. The largest absolute Gasteiger partial charge is 0.507 e. The van der Waals surface area contributed by atoms with Crippen LogP contribution in [0.15, 0.2) is 53.4 Å². The van der Waals surface area contributed by atoms with Crippen LogP contribution in [0.1, 0.15) is 28.8 Å². The normalized spacial score (nSPS) is 17.9. The van der Waals surface area contributed by atoms with Crippen molar-refractivity contribution in [3.05, 3.63) is 59.7 Å². The van der Waals surface area contributed by atoms with Crippen LogP contribution in [-0.2, 0) is 14.8 Å². The van der Waals surface area contributed by atoms with Gasteiger partial charge in [0.15, 0.2) is 0 Å². The molecule has 4 rings (SSSR count). The molecule has 2 amide bonds. The highest BCUT2D eigenvalue weighted by Crippen LogP contribution is 2.26. The number of rotatable bonds is 4. The average molecular weight is 483 g/mol. The third-order valence-corrected chi connectivity index (χ3v) is 8.35. The molecule has 2 heterocycles. The first-order valence-electron chi connectivity index (χ1n) is 11.2. The van der Waals surface area contributed by atoms with Crippen LogP contribution in [0.3, 0.4) is 0 Å². The van der Waals surface area contributed by atoms with Gasteiger partial charge >= 0.3 is 0 Å². The summed E-state index contributed by atoms with van der Waals surface area (Å²) >= 11 is 0. The van der Waals surface area contributed by atoms with Gasteiger partial charge in [0.1, 0.15) is 5.75 Å². The van der Waals surface area contributed by atoms with Crippen LogP contribution in [0.4, 0.5) is 0 Å². The van der Waals surface area contributed by atoms with Crippen molar-refractivity contribution < 1.29 is 23.1 Å². The number of hydrogen-bond acceptors (Lipinski definition) is 6. The van der Waals surface area contributed by atoms with Gasteiger partial charge in [-0.2, -0.15) is 9.57 Å². The van der Waals surface area contributed by atoms with Crippen molar-refractivity contribution in [1.29, 1.82) is 5.26 Å². The zero-order chi connectivity index (χ0) is 24.3. The van der Waals surface area contributed by atoms with Crippen molar-refractivity contribution in [2.45, 2.75) is 17.7 Å². The van der Waals surface area contributed by atoms with E-state index in [1.54, 1.807) is 28.0 Å². The standard InChI is InChI=1S/C24H26N4O5S/c25-17-18-5-7-20(8-6-18)34(32,33)28-11-9-19(10-12-28)23(30)26-13-15-27(16-14-26)24(31)21-3-1-2-4-22(21)29/h1-8,19,29H,9-16H2. The number of piperazine rings is 1. The molecule has 34 heavy (non-hydrogen) atoms. The first-order chi connectivity index (χ1) is 16.3. The highest BCUT2D eigenvalue weighted by Gasteiger charge is 2.35. The maximum Gasteiger partial charge on any atom is 0.257 e. The fourth-order valence-electron chi connectivity index (χ4n) is 4.41. The number of aromatic hydroxyl groups is 1. The van der Waals surface area contributed by atoms with E-state index < -0.39 is 10.0 Å². The molecule has 2 aromatic rings. The third-order valence-electron chi connectivity index (χ3n) is 6.44. The Labute approximate surface area is 198 Å². The smallest absolute Gasteiger partial charge is 0.257 e. The number of phenolic OH excluding ortho intramolecular Hbond substituents is 1. The van der Waals surface area contributed by atoms with Crippen LogP contribution in [-0.4, -0.2) is 78.7 Å². The van der Waals surface area contributed by atoms with E-state index in [4.69, 9.17) is 5.26 Å². The van der Waals surface area contributed by atoms with Crippen LogP contribution >= 0.6 is 0 Å². The number of nitrogens with zero attached hydrogens (tertiary/aromatic N) is 4. The van der Waals surface area contributed by atoms with Gasteiger partial charge in [-0.25, -0.2) is 8.42 Å². The van der Waals surface area contributed by atoms with Crippen molar-refractivity contribution >= 4 is 21.8 Å². The molecule has 0 atom stereocenters. The van der Waals surface area contributed by atoms with E-state index in [1.807, 2.05) is 6.07 Å².